The summed E-state index contributed by atoms with van der Waals surface area (Å²) >= 11 is 0. The summed E-state index contributed by atoms with van der Waals surface area (Å²) in [7, 11) is 5.46. The smallest absolute Gasteiger partial charge is 0.234 e. The third kappa shape index (κ3) is 2.05. The SMILES string of the molecule is COc1ccc2c(c1OC)C[N+]1(C)CCc3cc4c(cc3C1(O)C2C)OCO4. The average molecular weight is 384 g/mol. The van der Waals surface area contributed by atoms with Gasteiger partial charge in [0.05, 0.1) is 39.3 Å². The van der Waals surface area contributed by atoms with Gasteiger partial charge in [0.2, 0.25) is 12.5 Å². The number of ether oxygens (including phenoxy) is 4. The van der Waals surface area contributed by atoms with Gasteiger partial charge in [-0.1, -0.05) is 6.07 Å². The van der Waals surface area contributed by atoms with Gasteiger partial charge in [-0.3, -0.25) is 4.48 Å². The Kier molecular flexibility index (Phi) is 3.64. The summed E-state index contributed by atoms with van der Waals surface area (Å²) in [5.74, 6) is 2.86. The van der Waals surface area contributed by atoms with Crippen molar-refractivity contribution >= 4 is 0 Å². The van der Waals surface area contributed by atoms with Crippen molar-refractivity contribution in [1.82, 2.24) is 0 Å². The molecule has 2 aromatic carbocycles. The summed E-state index contributed by atoms with van der Waals surface area (Å²) in [5, 5.41) is 12.2. The van der Waals surface area contributed by atoms with Crippen molar-refractivity contribution in [3.05, 3.63) is 46.5 Å². The lowest BCUT2D eigenvalue weighted by Gasteiger charge is -2.56. The summed E-state index contributed by atoms with van der Waals surface area (Å²) in [6.45, 7) is 3.83. The fraction of sp³-hybridized carbons (Fsp3) is 0.455. The zero-order valence-corrected chi connectivity index (χ0v) is 16.7. The maximum absolute atomic E-state index is 12.2. The number of rotatable bonds is 2. The summed E-state index contributed by atoms with van der Waals surface area (Å²) in [4.78, 5) is 0. The lowest BCUT2D eigenvalue weighted by Crippen LogP contribution is -2.66. The quantitative estimate of drug-likeness (QED) is 0.807. The molecule has 3 atom stereocenters. The first-order valence-corrected chi connectivity index (χ1v) is 9.66. The van der Waals surface area contributed by atoms with Crippen molar-refractivity contribution in [2.24, 2.45) is 0 Å². The van der Waals surface area contributed by atoms with Crippen molar-refractivity contribution in [1.29, 1.82) is 0 Å². The standard InChI is InChI=1S/C22H26NO5/c1-13-15-5-6-18(25-3)21(26-4)16(15)11-23(2)8-7-14-9-19-20(28-12-27-19)10-17(14)22(13,23)24/h5-6,9-10,13,24H,7-8,11-12H2,1-4H3/q+1. The van der Waals surface area contributed by atoms with E-state index < -0.39 is 5.72 Å². The highest BCUT2D eigenvalue weighted by atomic mass is 16.7. The molecule has 0 saturated heterocycles. The van der Waals surface area contributed by atoms with Crippen LogP contribution in [0, 0.1) is 0 Å². The van der Waals surface area contributed by atoms with E-state index in [4.69, 9.17) is 18.9 Å². The van der Waals surface area contributed by atoms with Crippen LogP contribution in [0.4, 0.5) is 0 Å². The van der Waals surface area contributed by atoms with Gasteiger partial charge < -0.3 is 24.1 Å². The van der Waals surface area contributed by atoms with E-state index in [2.05, 4.69) is 20.0 Å². The molecular formula is C22H26NO5+. The third-order valence-electron chi connectivity index (χ3n) is 6.95. The minimum atomic E-state index is -1.05. The van der Waals surface area contributed by atoms with Crippen LogP contribution in [0.2, 0.25) is 0 Å². The Labute approximate surface area is 164 Å². The van der Waals surface area contributed by atoms with Gasteiger partial charge in [0, 0.05) is 12.0 Å². The van der Waals surface area contributed by atoms with Crippen LogP contribution in [0.25, 0.3) is 0 Å². The fourth-order valence-electron chi connectivity index (χ4n) is 5.40. The summed E-state index contributed by atoms with van der Waals surface area (Å²) < 4.78 is 22.9. The van der Waals surface area contributed by atoms with Crippen LogP contribution < -0.4 is 18.9 Å². The van der Waals surface area contributed by atoms with Gasteiger partial charge in [-0.2, -0.15) is 0 Å². The minimum Gasteiger partial charge on any atom is -0.493 e. The second kappa shape index (κ2) is 5.78. The van der Waals surface area contributed by atoms with Crippen molar-refractivity contribution in [3.8, 4) is 23.0 Å². The number of nitrogens with zero attached hydrogens (tertiary/aromatic N) is 1. The van der Waals surface area contributed by atoms with Gasteiger partial charge in [-0.05, 0) is 36.2 Å². The highest BCUT2D eigenvalue weighted by Crippen LogP contribution is 2.56. The number of quaternary nitrogens is 1. The molecule has 0 bridgehead atoms. The molecule has 1 N–H and O–H groups in total. The Hall–Kier alpha value is -2.44. The lowest BCUT2D eigenvalue weighted by molar-refractivity contribution is -1.01. The molecule has 3 heterocycles. The molecule has 0 aromatic heterocycles. The maximum Gasteiger partial charge on any atom is 0.234 e. The molecule has 2 aromatic rings. The Balaban J connectivity index is 1.73. The van der Waals surface area contributed by atoms with Crippen molar-refractivity contribution < 1.29 is 28.5 Å². The first-order valence-electron chi connectivity index (χ1n) is 9.66. The van der Waals surface area contributed by atoms with E-state index in [1.165, 1.54) is 0 Å². The van der Waals surface area contributed by atoms with Crippen LogP contribution in [0.5, 0.6) is 23.0 Å². The van der Waals surface area contributed by atoms with Crippen LogP contribution in [0.1, 0.15) is 35.1 Å². The molecule has 5 rings (SSSR count). The van der Waals surface area contributed by atoms with Crippen LogP contribution in [0.3, 0.4) is 0 Å². The number of aliphatic hydroxyl groups is 1. The van der Waals surface area contributed by atoms with Crippen molar-refractivity contribution in [3.63, 3.8) is 0 Å². The number of hydrogen-bond donors (Lipinski definition) is 1. The molecule has 28 heavy (non-hydrogen) atoms. The predicted octanol–water partition coefficient (Wildman–Crippen LogP) is 2.90. The number of benzene rings is 2. The Morgan fingerprint density at radius 1 is 1.14 bits per heavy atom. The molecule has 3 aliphatic heterocycles. The van der Waals surface area contributed by atoms with Crippen LogP contribution in [-0.2, 0) is 18.7 Å². The molecule has 3 unspecified atom stereocenters. The molecule has 6 nitrogen and oxygen atoms in total. The summed E-state index contributed by atoms with van der Waals surface area (Å²) in [5.41, 5.74) is 3.24. The van der Waals surface area contributed by atoms with Crippen LogP contribution in [-0.4, -0.2) is 44.2 Å². The number of fused-ring (bicyclic) bond motifs is 5. The predicted molar refractivity (Wildman–Crippen MR) is 103 cm³/mol. The van der Waals surface area contributed by atoms with Crippen molar-refractivity contribution in [2.75, 3.05) is 34.6 Å². The second-order valence-electron chi connectivity index (χ2n) is 8.21. The maximum atomic E-state index is 12.2. The normalized spacial score (nSPS) is 29.5. The molecule has 0 saturated carbocycles. The highest BCUT2D eigenvalue weighted by Gasteiger charge is 2.60. The van der Waals surface area contributed by atoms with Gasteiger partial charge in [-0.15, -0.1) is 0 Å². The number of likely N-dealkylation sites (N-methyl/N-ethyl adjacent to an activating group) is 1. The van der Waals surface area contributed by atoms with E-state index >= 15 is 0 Å². The monoisotopic (exact) mass is 384 g/mol. The highest BCUT2D eigenvalue weighted by molar-refractivity contribution is 5.56. The van der Waals surface area contributed by atoms with E-state index in [0.29, 0.717) is 16.8 Å². The average Bonchev–Trinajstić information content (AvgIpc) is 3.15. The molecular weight excluding hydrogens is 358 g/mol. The zero-order valence-electron chi connectivity index (χ0n) is 16.7. The van der Waals surface area contributed by atoms with Crippen molar-refractivity contribution in [2.45, 2.75) is 31.5 Å². The molecule has 3 aliphatic rings. The first-order chi connectivity index (χ1) is 13.4. The largest absolute Gasteiger partial charge is 0.493 e. The fourth-order valence-corrected chi connectivity index (χ4v) is 5.40. The lowest BCUT2D eigenvalue weighted by atomic mass is 9.72. The van der Waals surface area contributed by atoms with Gasteiger partial charge in [0.15, 0.2) is 23.0 Å². The van der Waals surface area contributed by atoms with Gasteiger partial charge in [-0.25, -0.2) is 0 Å². The molecule has 0 aliphatic carbocycles. The van der Waals surface area contributed by atoms with Crippen LogP contribution >= 0.6 is 0 Å². The Morgan fingerprint density at radius 3 is 2.61 bits per heavy atom. The van der Waals surface area contributed by atoms with Gasteiger partial charge >= 0.3 is 0 Å². The molecule has 6 heteroatoms. The first kappa shape index (κ1) is 17.6. The van der Waals surface area contributed by atoms with E-state index in [-0.39, 0.29) is 12.7 Å². The van der Waals surface area contributed by atoms with Gasteiger partial charge in [0.25, 0.3) is 0 Å². The van der Waals surface area contributed by atoms with Gasteiger partial charge in [0.1, 0.15) is 6.54 Å². The van der Waals surface area contributed by atoms with E-state index in [1.807, 2.05) is 18.2 Å². The Morgan fingerprint density at radius 2 is 1.89 bits per heavy atom. The Bertz CT molecular complexity index is 974. The molecule has 0 fully saturated rings. The van der Waals surface area contributed by atoms with E-state index in [1.54, 1.807) is 14.2 Å². The topological polar surface area (TPSA) is 57.2 Å². The van der Waals surface area contributed by atoms with E-state index in [0.717, 1.165) is 52.5 Å². The summed E-state index contributed by atoms with van der Waals surface area (Å²) in [6, 6.07) is 8.01. The molecule has 0 amide bonds. The minimum absolute atomic E-state index is 0.125. The van der Waals surface area contributed by atoms with Crippen LogP contribution in [0.15, 0.2) is 24.3 Å². The second-order valence-corrected chi connectivity index (χ2v) is 8.21. The van der Waals surface area contributed by atoms with E-state index in [9.17, 15) is 5.11 Å². The molecule has 0 spiro atoms. The molecule has 0 radical (unpaired) electrons. The number of hydrogen-bond acceptors (Lipinski definition) is 5. The zero-order chi connectivity index (χ0) is 19.7. The third-order valence-corrected chi connectivity index (χ3v) is 6.95. The number of methoxy groups -OCH3 is 2. The summed E-state index contributed by atoms with van der Waals surface area (Å²) in [6.07, 6.45) is 0.874. The molecule has 148 valence electrons.